The minimum Gasteiger partial charge on any atom is -0.464 e. The van der Waals surface area contributed by atoms with E-state index in [4.69, 9.17) is 37.0 Å². The molecule has 2 fully saturated rings. The summed E-state index contributed by atoms with van der Waals surface area (Å²) in [5, 5.41) is 0. The van der Waals surface area contributed by atoms with Crippen LogP contribution in [0.25, 0.3) is 4.85 Å². The van der Waals surface area contributed by atoms with Gasteiger partial charge in [0.05, 0.1) is 32.0 Å². The van der Waals surface area contributed by atoms with Gasteiger partial charge < -0.3 is 30.4 Å². The molecule has 0 aromatic heterocycles. The van der Waals surface area contributed by atoms with Gasteiger partial charge >= 0.3 is 11.9 Å². The molecular formula is C41H56BrN3O6. The summed E-state index contributed by atoms with van der Waals surface area (Å²) in [5.74, 6) is 0.567. The van der Waals surface area contributed by atoms with Crippen LogP contribution in [0.15, 0.2) is 40.9 Å². The topological polar surface area (TPSA) is 127 Å². The zero-order valence-electron chi connectivity index (χ0n) is 31.5. The fourth-order valence-corrected chi connectivity index (χ4v) is 11.4. The van der Waals surface area contributed by atoms with Crippen molar-refractivity contribution in [3.05, 3.63) is 74.5 Å². The van der Waals surface area contributed by atoms with Gasteiger partial charge in [-0.3, -0.25) is 0 Å². The van der Waals surface area contributed by atoms with Crippen LogP contribution >= 0.6 is 15.9 Å². The number of fused-ring (bicyclic) bond motifs is 2. The standard InChI is InChI=1S/C21H28N2O3.C20H28BrNO3/c1-6-26-19(24)21(22)17-9-16(23-4)8-7-15(17)12-20(21)10-13(2)18(25-5)14(3)11-20;1-5-25-18(23)20(22)16-8-15(21)7-6-14(16)11-19(20)9-12(2)17(24-4)13(3)10-19/h7-9,13-14,18H,6,10-12,22H2,1-3,5H3;6-8,12-13,17H,5,9-11,22H2,1-4H3/t13-,14+,18?,20?,21-;12-,13+,17?,19?,20-/m11/s1. The number of carbonyl (C=O) groups excluding carboxylic acids is 2. The Bertz CT molecular complexity index is 1650. The van der Waals surface area contributed by atoms with Crippen LogP contribution in [-0.4, -0.2) is 51.6 Å². The van der Waals surface area contributed by atoms with Gasteiger partial charge in [0.25, 0.3) is 0 Å². The molecule has 2 saturated carbocycles. The Balaban J connectivity index is 0.000000198. The number of hydrogen-bond donors (Lipinski definition) is 2. The molecule has 0 radical (unpaired) electrons. The van der Waals surface area contributed by atoms with Crippen molar-refractivity contribution in [2.24, 2.45) is 46.0 Å². The Morgan fingerprint density at radius 2 is 1.14 bits per heavy atom. The average molecular weight is 767 g/mol. The smallest absolute Gasteiger partial charge is 0.331 e. The molecule has 10 heteroatoms. The predicted molar refractivity (Wildman–Crippen MR) is 201 cm³/mol. The minimum atomic E-state index is -1.22. The normalized spacial score (nSPS) is 36.4. The highest BCUT2D eigenvalue weighted by Gasteiger charge is 2.65. The maximum absolute atomic E-state index is 13.1. The Labute approximate surface area is 312 Å². The highest BCUT2D eigenvalue weighted by molar-refractivity contribution is 9.10. The molecule has 9 nitrogen and oxygen atoms in total. The first-order chi connectivity index (χ1) is 24.1. The van der Waals surface area contributed by atoms with E-state index in [1.54, 1.807) is 27.2 Å². The number of halogens is 1. The Morgan fingerprint density at radius 1 is 0.745 bits per heavy atom. The van der Waals surface area contributed by atoms with Gasteiger partial charge in [0.15, 0.2) is 5.69 Å². The van der Waals surface area contributed by atoms with E-state index in [1.165, 1.54) is 0 Å². The summed E-state index contributed by atoms with van der Waals surface area (Å²) in [7, 11) is 3.53. The molecule has 2 aromatic carbocycles. The number of carbonyl (C=O) groups is 2. The van der Waals surface area contributed by atoms with Crippen molar-refractivity contribution in [2.75, 3.05) is 27.4 Å². The van der Waals surface area contributed by atoms with E-state index < -0.39 is 16.5 Å². The zero-order valence-corrected chi connectivity index (χ0v) is 33.1. The first-order valence-corrected chi connectivity index (χ1v) is 19.2. The molecule has 2 aromatic rings. The quantitative estimate of drug-likeness (QED) is 0.231. The van der Waals surface area contributed by atoms with Crippen LogP contribution in [0.2, 0.25) is 0 Å². The first-order valence-electron chi connectivity index (χ1n) is 18.4. The molecule has 4 unspecified atom stereocenters. The van der Waals surface area contributed by atoms with E-state index >= 15 is 0 Å². The Hall–Kier alpha value is -2.81. The van der Waals surface area contributed by atoms with Crippen molar-refractivity contribution >= 4 is 33.6 Å². The highest BCUT2D eigenvalue weighted by atomic mass is 79.9. The van der Waals surface area contributed by atoms with Gasteiger partial charge in [-0.05, 0) is 110 Å². The van der Waals surface area contributed by atoms with Crippen molar-refractivity contribution in [1.82, 2.24) is 0 Å². The van der Waals surface area contributed by atoms with Crippen LogP contribution in [0.3, 0.4) is 0 Å². The summed E-state index contributed by atoms with van der Waals surface area (Å²) in [5.41, 5.74) is 15.2. The van der Waals surface area contributed by atoms with Gasteiger partial charge in [0, 0.05) is 29.5 Å². The highest BCUT2D eigenvalue weighted by Crippen LogP contribution is 2.61. The summed E-state index contributed by atoms with van der Waals surface area (Å²) >= 11 is 3.53. The third-order valence-electron chi connectivity index (χ3n) is 12.7. The SMILES string of the molecule is CCOC(=O)[C@]1(N)c2cc(Br)ccc2CC12C[C@@H](C)C(OC)[C@@H](C)C2.[C-]#[N+]c1ccc2c(c1)[C@@](N)(C(=O)OCC)C1(C2)C[C@@H](C)C(OC)[C@@H](C)C1. The number of benzene rings is 2. The second kappa shape index (κ2) is 14.9. The first kappa shape index (κ1) is 39.4. The second-order valence-corrected chi connectivity index (χ2v) is 16.8. The largest absolute Gasteiger partial charge is 0.464 e. The third kappa shape index (κ3) is 6.35. The van der Waals surface area contributed by atoms with E-state index in [0.717, 1.165) is 65.3 Å². The van der Waals surface area contributed by atoms with Gasteiger partial charge in [-0.1, -0.05) is 67.9 Å². The van der Waals surface area contributed by atoms with Gasteiger partial charge in [-0.15, -0.1) is 0 Å². The molecule has 51 heavy (non-hydrogen) atoms. The fourth-order valence-electron chi connectivity index (χ4n) is 11.0. The number of rotatable bonds is 6. The number of methoxy groups -OCH3 is 2. The summed E-state index contributed by atoms with van der Waals surface area (Å²) < 4.78 is 23.3. The number of nitrogens with zero attached hydrogens (tertiary/aromatic N) is 1. The molecular weight excluding hydrogens is 710 g/mol. The molecule has 4 aliphatic carbocycles. The summed E-state index contributed by atoms with van der Waals surface area (Å²) in [6.07, 6.45) is 5.23. The van der Waals surface area contributed by atoms with Gasteiger partial charge in [-0.2, -0.15) is 0 Å². The lowest BCUT2D eigenvalue weighted by atomic mass is 9.56. The van der Waals surface area contributed by atoms with E-state index in [2.05, 4.69) is 54.5 Å². The van der Waals surface area contributed by atoms with Crippen LogP contribution in [0.5, 0.6) is 0 Å². The predicted octanol–water partition coefficient (Wildman–Crippen LogP) is 7.37. The number of nitrogens with two attached hydrogens (primary N) is 2. The molecule has 0 bridgehead atoms. The Morgan fingerprint density at radius 3 is 1.51 bits per heavy atom. The number of ether oxygens (including phenoxy) is 4. The third-order valence-corrected chi connectivity index (χ3v) is 13.2. The maximum atomic E-state index is 13.1. The van der Waals surface area contributed by atoms with Crippen molar-refractivity contribution in [1.29, 1.82) is 0 Å². The van der Waals surface area contributed by atoms with Crippen LogP contribution in [0.4, 0.5) is 5.69 Å². The summed E-state index contributed by atoms with van der Waals surface area (Å²) in [4.78, 5) is 29.7. The lowest BCUT2D eigenvalue weighted by Gasteiger charge is -2.51. The van der Waals surface area contributed by atoms with Crippen molar-refractivity contribution in [2.45, 2.75) is 103 Å². The molecule has 278 valence electrons. The zero-order chi connectivity index (χ0) is 37.5. The monoisotopic (exact) mass is 765 g/mol. The minimum absolute atomic E-state index is 0.162. The van der Waals surface area contributed by atoms with Gasteiger partial charge in [-0.25, -0.2) is 14.4 Å². The average Bonchev–Trinajstić information content (AvgIpc) is 3.45. The molecule has 4 N–H and O–H groups in total. The summed E-state index contributed by atoms with van der Waals surface area (Å²) in [6, 6.07) is 11.7. The summed E-state index contributed by atoms with van der Waals surface area (Å²) in [6.45, 7) is 20.3. The molecule has 0 amide bonds. The van der Waals surface area contributed by atoms with Crippen LogP contribution in [-0.2, 0) is 52.5 Å². The van der Waals surface area contributed by atoms with E-state index in [0.29, 0.717) is 24.1 Å². The van der Waals surface area contributed by atoms with Crippen LogP contribution in [0.1, 0.15) is 89.5 Å². The molecule has 0 heterocycles. The van der Waals surface area contributed by atoms with E-state index in [1.807, 2.05) is 31.2 Å². The fraction of sp³-hybridized carbons (Fsp3) is 0.634. The molecule has 0 saturated heterocycles. The van der Waals surface area contributed by atoms with Crippen molar-refractivity contribution < 1.29 is 28.5 Å². The number of esters is 2. The molecule has 10 atom stereocenters. The maximum Gasteiger partial charge on any atom is 0.331 e. The molecule has 4 aliphatic rings. The molecule has 6 rings (SSSR count). The second-order valence-electron chi connectivity index (χ2n) is 15.9. The van der Waals surface area contributed by atoms with Gasteiger partial charge in [0.2, 0.25) is 0 Å². The van der Waals surface area contributed by atoms with Crippen molar-refractivity contribution in [3.8, 4) is 0 Å². The molecule has 2 spiro atoms. The molecule has 0 aliphatic heterocycles. The van der Waals surface area contributed by atoms with E-state index in [-0.39, 0.29) is 48.0 Å². The van der Waals surface area contributed by atoms with Crippen LogP contribution < -0.4 is 11.5 Å². The lowest BCUT2D eigenvalue weighted by molar-refractivity contribution is -0.162. The van der Waals surface area contributed by atoms with Gasteiger partial charge in [0.1, 0.15) is 11.1 Å². The van der Waals surface area contributed by atoms with Crippen LogP contribution in [0, 0.1) is 41.1 Å². The van der Waals surface area contributed by atoms with E-state index in [9.17, 15) is 9.59 Å². The Kier molecular flexibility index (Phi) is 11.5. The van der Waals surface area contributed by atoms with Crippen molar-refractivity contribution in [3.63, 3.8) is 0 Å². The number of hydrogen-bond acceptors (Lipinski definition) is 8. The lowest BCUT2D eigenvalue weighted by Crippen LogP contribution is -2.60.